The van der Waals surface area contributed by atoms with E-state index in [1.165, 1.54) is 35.2 Å². The Morgan fingerprint density at radius 3 is 2.07 bits per heavy atom. The molecule has 0 aromatic heterocycles. The van der Waals surface area contributed by atoms with Gasteiger partial charge in [-0.1, -0.05) is 84.0 Å². The van der Waals surface area contributed by atoms with E-state index in [1.807, 2.05) is 20.8 Å². The second-order valence-corrected chi connectivity index (χ2v) is 13.5. The van der Waals surface area contributed by atoms with Crippen molar-refractivity contribution in [3.63, 3.8) is 0 Å². The van der Waals surface area contributed by atoms with Crippen LogP contribution in [0.3, 0.4) is 0 Å². The van der Waals surface area contributed by atoms with Crippen LogP contribution >= 0.6 is 46.4 Å². The van der Waals surface area contributed by atoms with Gasteiger partial charge in [0.15, 0.2) is 0 Å². The minimum atomic E-state index is -4.31. The lowest BCUT2D eigenvalue weighted by atomic mass is 10.1. The molecule has 0 aliphatic heterocycles. The largest absolute Gasteiger partial charge is 0.354 e. The van der Waals surface area contributed by atoms with E-state index in [9.17, 15) is 18.0 Å². The van der Waals surface area contributed by atoms with Crippen LogP contribution in [0.1, 0.15) is 31.9 Å². The van der Waals surface area contributed by atoms with Crippen molar-refractivity contribution < 1.29 is 18.0 Å². The maximum Gasteiger partial charge on any atom is 0.264 e. The number of carbonyl (C=O) groups excluding carboxylic acids is 2. The zero-order valence-electron chi connectivity index (χ0n) is 23.0. The van der Waals surface area contributed by atoms with Crippen LogP contribution in [0.15, 0.2) is 65.6 Å². The van der Waals surface area contributed by atoms with Crippen molar-refractivity contribution in [2.75, 3.05) is 17.4 Å². The van der Waals surface area contributed by atoms with Crippen LogP contribution < -0.4 is 9.62 Å². The Kier molecular flexibility index (Phi) is 11.4. The number of halogens is 4. The van der Waals surface area contributed by atoms with Crippen molar-refractivity contribution in [1.82, 2.24) is 10.2 Å². The average Bonchev–Trinajstić information content (AvgIpc) is 2.91. The van der Waals surface area contributed by atoms with Crippen molar-refractivity contribution in [1.29, 1.82) is 0 Å². The average molecular weight is 659 g/mol. The Labute approximate surface area is 261 Å². The fraction of sp³-hybridized carbons (Fsp3) is 0.310. The molecule has 0 fully saturated rings. The van der Waals surface area contributed by atoms with Gasteiger partial charge in [-0.3, -0.25) is 13.9 Å². The van der Waals surface area contributed by atoms with Gasteiger partial charge in [-0.05, 0) is 62.2 Å². The van der Waals surface area contributed by atoms with E-state index in [-0.39, 0.29) is 33.1 Å². The highest BCUT2D eigenvalue weighted by Gasteiger charge is 2.34. The summed E-state index contributed by atoms with van der Waals surface area (Å²) in [6.07, 6.45) is 0. The zero-order valence-corrected chi connectivity index (χ0v) is 26.8. The first-order chi connectivity index (χ1) is 19.2. The summed E-state index contributed by atoms with van der Waals surface area (Å²) in [6.45, 7) is 6.85. The first kappa shape index (κ1) is 33.0. The molecule has 0 aliphatic rings. The Balaban J connectivity index is 2.09. The molecule has 2 amide bonds. The lowest BCUT2D eigenvalue weighted by Gasteiger charge is -2.32. The Bertz CT molecular complexity index is 1490. The van der Waals surface area contributed by atoms with Crippen LogP contribution in [-0.4, -0.2) is 44.3 Å². The Morgan fingerprint density at radius 1 is 0.878 bits per heavy atom. The highest BCUT2D eigenvalue weighted by atomic mass is 35.5. The predicted octanol–water partition coefficient (Wildman–Crippen LogP) is 6.99. The van der Waals surface area contributed by atoms with E-state index in [0.29, 0.717) is 22.2 Å². The molecule has 3 aromatic rings. The highest BCUT2D eigenvalue weighted by Crippen LogP contribution is 2.34. The van der Waals surface area contributed by atoms with Crippen molar-refractivity contribution >= 4 is 73.9 Å². The number of amides is 2. The van der Waals surface area contributed by atoms with Gasteiger partial charge in [0, 0.05) is 33.7 Å². The third kappa shape index (κ3) is 8.30. The van der Waals surface area contributed by atoms with Crippen LogP contribution in [0, 0.1) is 12.8 Å². The molecule has 7 nitrogen and oxygen atoms in total. The van der Waals surface area contributed by atoms with Crippen LogP contribution in [0.25, 0.3) is 0 Å². The topological polar surface area (TPSA) is 86.8 Å². The minimum Gasteiger partial charge on any atom is -0.354 e. The number of sulfonamides is 1. The number of hydrogen-bond acceptors (Lipinski definition) is 4. The molecule has 0 saturated heterocycles. The molecular weight excluding hydrogens is 628 g/mol. The summed E-state index contributed by atoms with van der Waals surface area (Å²) >= 11 is 25.5. The van der Waals surface area contributed by atoms with E-state index in [0.717, 1.165) is 9.87 Å². The molecule has 0 heterocycles. The number of nitrogens with zero attached hydrogens (tertiary/aromatic N) is 2. The second kappa shape index (κ2) is 14.1. The highest BCUT2D eigenvalue weighted by molar-refractivity contribution is 7.92. The molecule has 3 rings (SSSR count). The number of carbonyl (C=O) groups is 2. The first-order valence-corrected chi connectivity index (χ1v) is 15.7. The van der Waals surface area contributed by atoms with Gasteiger partial charge in [-0.2, -0.15) is 0 Å². The fourth-order valence-electron chi connectivity index (χ4n) is 3.92. The number of aryl methyl sites for hydroxylation is 1. The summed E-state index contributed by atoms with van der Waals surface area (Å²) in [4.78, 5) is 28.4. The Hall–Kier alpha value is -2.49. The number of benzene rings is 3. The van der Waals surface area contributed by atoms with Gasteiger partial charge in [0.25, 0.3) is 10.0 Å². The summed E-state index contributed by atoms with van der Waals surface area (Å²) in [5.74, 6) is -0.919. The van der Waals surface area contributed by atoms with Crippen LogP contribution in [0.4, 0.5) is 5.69 Å². The number of nitrogens with one attached hydrogen (secondary N) is 1. The molecule has 0 radical (unpaired) electrons. The van der Waals surface area contributed by atoms with Gasteiger partial charge in [0.1, 0.15) is 12.6 Å². The van der Waals surface area contributed by atoms with Crippen molar-refractivity contribution in [2.24, 2.45) is 5.92 Å². The van der Waals surface area contributed by atoms with Gasteiger partial charge in [0.05, 0.1) is 15.6 Å². The molecule has 1 unspecified atom stereocenters. The number of anilines is 1. The molecule has 0 saturated carbocycles. The minimum absolute atomic E-state index is 0.0146. The van der Waals surface area contributed by atoms with E-state index in [1.54, 1.807) is 37.3 Å². The zero-order chi connectivity index (χ0) is 30.5. The normalized spacial score (nSPS) is 12.2. The summed E-state index contributed by atoms with van der Waals surface area (Å²) in [6, 6.07) is 14.4. The summed E-state index contributed by atoms with van der Waals surface area (Å²) < 4.78 is 28.8. The molecule has 1 atom stereocenters. The molecule has 1 N–H and O–H groups in total. The molecule has 0 bridgehead atoms. The maximum atomic E-state index is 14.0. The lowest BCUT2D eigenvalue weighted by Crippen LogP contribution is -2.51. The van der Waals surface area contributed by atoms with Gasteiger partial charge in [-0.25, -0.2) is 8.42 Å². The van der Waals surface area contributed by atoms with Crippen molar-refractivity contribution in [2.45, 2.75) is 45.2 Å². The van der Waals surface area contributed by atoms with E-state index in [2.05, 4.69) is 5.32 Å². The predicted molar refractivity (Wildman–Crippen MR) is 166 cm³/mol. The smallest absolute Gasteiger partial charge is 0.264 e. The van der Waals surface area contributed by atoms with Gasteiger partial charge in [0.2, 0.25) is 11.8 Å². The molecular formula is C29H31Cl4N3O4S. The van der Waals surface area contributed by atoms with Gasteiger partial charge in [-0.15, -0.1) is 0 Å². The summed E-state index contributed by atoms with van der Waals surface area (Å²) in [5.41, 5.74) is 1.29. The molecule has 0 spiro atoms. The molecule has 0 aliphatic carbocycles. The Morgan fingerprint density at radius 2 is 1.49 bits per heavy atom. The molecule has 12 heteroatoms. The van der Waals surface area contributed by atoms with Crippen molar-refractivity contribution in [3.8, 4) is 0 Å². The molecule has 3 aromatic carbocycles. The summed E-state index contributed by atoms with van der Waals surface area (Å²) in [7, 11) is -4.31. The van der Waals surface area contributed by atoms with Crippen LogP contribution in [0.5, 0.6) is 0 Å². The molecule has 41 heavy (non-hydrogen) atoms. The third-order valence-electron chi connectivity index (χ3n) is 6.31. The maximum absolute atomic E-state index is 14.0. The standard InChI is InChI=1S/C29H31Cl4N3O4S/c1-18(2)15-34-29(38)20(4)35(16-23-24(31)6-5-7-25(23)32)28(37)17-36(27-14-21(30)10-13-26(27)33)41(39,40)22-11-8-19(3)9-12-22/h5-14,18,20H,15-17H2,1-4H3,(H,34,38). The monoisotopic (exact) mass is 657 g/mol. The first-order valence-electron chi connectivity index (χ1n) is 12.8. The van der Waals surface area contributed by atoms with Gasteiger partial charge < -0.3 is 10.2 Å². The van der Waals surface area contributed by atoms with Crippen LogP contribution in [-0.2, 0) is 26.2 Å². The van der Waals surface area contributed by atoms with E-state index >= 15 is 0 Å². The van der Waals surface area contributed by atoms with E-state index < -0.39 is 34.4 Å². The molecule has 220 valence electrons. The SMILES string of the molecule is Cc1ccc(S(=O)(=O)N(CC(=O)N(Cc2c(Cl)cccc2Cl)C(C)C(=O)NCC(C)C)c2cc(Cl)ccc2Cl)cc1. The second-order valence-electron chi connectivity index (χ2n) is 9.96. The van der Waals surface area contributed by atoms with Gasteiger partial charge >= 0.3 is 0 Å². The summed E-state index contributed by atoms with van der Waals surface area (Å²) in [5, 5.41) is 3.72. The van der Waals surface area contributed by atoms with Crippen LogP contribution in [0.2, 0.25) is 20.1 Å². The van der Waals surface area contributed by atoms with Crippen molar-refractivity contribution in [3.05, 3.63) is 91.9 Å². The lowest BCUT2D eigenvalue weighted by molar-refractivity contribution is -0.139. The quantitative estimate of drug-likeness (QED) is 0.241. The fourth-order valence-corrected chi connectivity index (χ4v) is 6.29. The number of hydrogen-bond donors (Lipinski definition) is 1. The number of rotatable bonds is 11. The third-order valence-corrected chi connectivity index (χ3v) is 9.34. The van der Waals surface area contributed by atoms with E-state index in [4.69, 9.17) is 46.4 Å².